The maximum Gasteiger partial charge on any atom is 0.0662 e. The summed E-state index contributed by atoms with van der Waals surface area (Å²) in [5.41, 5.74) is 6.18. The van der Waals surface area contributed by atoms with Gasteiger partial charge in [-0.3, -0.25) is 4.90 Å². The number of hydrogen-bond acceptors (Lipinski definition) is 3. The molecule has 3 atom stereocenters. The van der Waals surface area contributed by atoms with Crippen LogP contribution < -0.4 is 5.73 Å². The summed E-state index contributed by atoms with van der Waals surface area (Å²) in [6.45, 7) is 9.61. The number of piperidine rings is 1. The average molecular weight is 226 g/mol. The van der Waals surface area contributed by atoms with Crippen LogP contribution in [0.5, 0.6) is 0 Å². The van der Waals surface area contributed by atoms with Crippen LogP contribution in [0, 0.1) is 11.8 Å². The van der Waals surface area contributed by atoms with Gasteiger partial charge in [-0.2, -0.15) is 0 Å². The summed E-state index contributed by atoms with van der Waals surface area (Å²) in [6.07, 6.45) is 3.73. The molecule has 0 bridgehead atoms. The third kappa shape index (κ3) is 2.41. The van der Waals surface area contributed by atoms with E-state index in [2.05, 4.69) is 18.7 Å². The second kappa shape index (κ2) is 5.03. The molecule has 16 heavy (non-hydrogen) atoms. The van der Waals surface area contributed by atoms with Crippen molar-refractivity contribution in [2.75, 3.05) is 32.8 Å². The van der Waals surface area contributed by atoms with E-state index in [9.17, 15) is 0 Å². The van der Waals surface area contributed by atoms with E-state index in [-0.39, 0.29) is 5.54 Å². The molecule has 0 aliphatic carbocycles. The second-order valence-corrected chi connectivity index (χ2v) is 5.94. The van der Waals surface area contributed by atoms with Gasteiger partial charge in [-0.15, -0.1) is 0 Å². The second-order valence-electron chi connectivity index (χ2n) is 5.94. The van der Waals surface area contributed by atoms with Crippen molar-refractivity contribution in [2.24, 2.45) is 17.6 Å². The zero-order valence-corrected chi connectivity index (χ0v) is 10.7. The van der Waals surface area contributed by atoms with Crippen molar-refractivity contribution in [3.05, 3.63) is 0 Å². The van der Waals surface area contributed by atoms with Crippen LogP contribution in [0.4, 0.5) is 0 Å². The van der Waals surface area contributed by atoms with Gasteiger partial charge in [0.05, 0.1) is 12.1 Å². The predicted octanol–water partition coefficient (Wildman–Crippen LogP) is 1.47. The molecule has 0 aromatic carbocycles. The van der Waals surface area contributed by atoms with Crippen molar-refractivity contribution in [2.45, 2.75) is 38.6 Å². The third-order valence-electron chi connectivity index (χ3n) is 4.22. The monoisotopic (exact) mass is 226 g/mol. The van der Waals surface area contributed by atoms with E-state index in [1.807, 2.05) is 0 Å². The number of rotatable bonds is 2. The van der Waals surface area contributed by atoms with Gasteiger partial charge in [-0.25, -0.2) is 0 Å². The van der Waals surface area contributed by atoms with Crippen LogP contribution in [0.15, 0.2) is 0 Å². The standard InChI is InChI=1S/C13H26N2O/c1-11-6-12(2)8-15(7-11)13(9-14)4-3-5-16-10-13/h11-12H,3-10,14H2,1-2H3. The number of nitrogens with two attached hydrogens (primary N) is 1. The Morgan fingerprint density at radius 3 is 2.50 bits per heavy atom. The molecule has 2 N–H and O–H groups in total. The van der Waals surface area contributed by atoms with Crippen LogP contribution in [0.1, 0.15) is 33.1 Å². The predicted molar refractivity (Wildman–Crippen MR) is 66.4 cm³/mol. The maximum atomic E-state index is 6.04. The van der Waals surface area contributed by atoms with E-state index in [1.165, 1.54) is 25.9 Å². The highest BCUT2D eigenvalue weighted by Crippen LogP contribution is 2.31. The highest BCUT2D eigenvalue weighted by Gasteiger charge is 2.40. The Morgan fingerprint density at radius 1 is 1.31 bits per heavy atom. The molecule has 0 saturated carbocycles. The van der Waals surface area contributed by atoms with Gasteiger partial charge >= 0.3 is 0 Å². The number of ether oxygens (including phenoxy) is 1. The van der Waals surface area contributed by atoms with Crippen molar-refractivity contribution in [3.8, 4) is 0 Å². The van der Waals surface area contributed by atoms with Crippen LogP contribution in [0.2, 0.25) is 0 Å². The van der Waals surface area contributed by atoms with Gasteiger partial charge in [0.25, 0.3) is 0 Å². The Morgan fingerprint density at radius 2 is 2.00 bits per heavy atom. The van der Waals surface area contributed by atoms with Gasteiger partial charge in [0.15, 0.2) is 0 Å². The molecule has 0 amide bonds. The first kappa shape index (κ1) is 12.3. The minimum atomic E-state index is 0.140. The van der Waals surface area contributed by atoms with Crippen molar-refractivity contribution in [1.82, 2.24) is 4.90 Å². The lowest BCUT2D eigenvalue weighted by atomic mass is 9.84. The molecule has 0 aromatic heterocycles. The Bertz CT molecular complexity index is 216. The topological polar surface area (TPSA) is 38.5 Å². The van der Waals surface area contributed by atoms with Crippen LogP contribution in [0.25, 0.3) is 0 Å². The van der Waals surface area contributed by atoms with E-state index < -0.39 is 0 Å². The SMILES string of the molecule is CC1CC(C)CN(C2(CN)CCCOC2)C1. The molecule has 94 valence electrons. The fourth-order valence-electron chi connectivity index (χ4n) is 3.43. The first-order valence-electron chi connectivity index (χ1n) is 6.69. The van der Waals surface area contributed by atoms with Crippen molar-refractivity contribution >= 4 is 0 Å². The van der Waals surface area contributed by atoms with Crippen molar-refractivity contribution < 1.29 is 4.74 Å². The van der Waals surface area contributed by atoms with E-state index in [4.69, 9.17) is 10.5 Å². The Labute approximate surface area is 99.3 Å². The van der Waals surface area contributed by atoms with Gasteiger partial charge in [-0.1, -0.05) is 13.8 Å². The van der Waals surface area contributed by atoms with E-state index >= 15 is 0 Å². The fraction of sp³-hybridized carbons (Fsp3) is 1.00. The summed E-state index contributed by atoms with van der Waals surface area (Å²) in [4.78, 5) is 2.62. The van der Waals surface area contributed by atoms with Crippen LogP contribution in [-0.4, -0.2) is 43.3 Å². The molecule has 2 fully saturated rings. The lowest BCUT2D eigenvalue weighted by Crippen LogP contribution is -2.61. The largest absolute Gasteiger partial charge is 0.379 e. The lowest BCUT2D eigenvalue weighted by Gasteiger charge is -2.49. The molecule has 2 heterocycles. The lowest BCUT2D eigenvalue weighted by molar-refractivity contribution is -0.0668. The average Bonchev–Trinajstić information content (AvgIpc) is 2.28. The Kier molecular flexibility index (Phi) is 3.88. The number of nitrogens with zero attached hydrogens (tertiary/aromatic N) is 1. The smallest absolute Gasteiger partial charge is 0.0662 e. The molecule has 0 aromatic rings. The van der Waals surface area contributed by atoms with Crippen LogP contribution >= 0.6 is 0 Å². The summed E-state index contributed by atoms with van der Waals surface area (Å²) < 4.78 is 5.68. The first-order valence-corrected chi connectivity index (χ1v) is 6.69. The van der Waals surface area contributed by atoms with Crippen LogP contribution in [-0.2, 0) is 4.74 Å². The van der Waals surface area contributed by atoms with Gasteiger partial charge < -0.3 is 10.5 Å². The van der Waals surface area contributed by atoms with Gasteiger partial charge in [0, 0.05) is 26.2 Å². The quantitative estimate of drug-likeness (QED) is 0.775. The summed E-state index contributed by atoms with van der Waals surface area (Å²) in [6, 6.07) is 0. The van der Waals surface area contributed by atoms with E-state index in [0.29, 0.717) is 0 Å². The zero-order chi connectivity index (χ0) is 11.6. The molecular formula is C13H26N2O. The summed E-state index contributed by atoms with van der Waals surface area (Å²) in [5, 5.41) is 0. The van der Waals surface area contributed by atoms with Gasteiger partial charge in [0.2, 0.25) is 0 Å². The van der Waals surface area contributed by atoms with Crippen molar-refractivity contribution in [3.63, 3.8) is 0 Å². The number of likely N-dealkylation sites (tertiary alicyclic amines) is 1. The molecule has 3 nitrogen and oxygen atoms in total. The minimum absolute atomic E-state index is 0.140. The Hall–Kier alpha value is -0.120. The highest BCUT2D eigenvalue weighted by molar-refractivity contribution is 4.96. The molecule has 3 heteroatoms. The Balaban J connectivity index is 2.07. The van der Waals surface area contributed by atoms with Gasteiger partial charge in [0.1, 0.15) is 0 Å². The molecule has 3 unspecified atom stereocenters. The first-order chi connectivity index (χ1) is 7.66. The fourth-order valence-corrected chi connectivity index (χ4v) is 3.43. The zero-order valence-electron chi connectivity index (χ0n) is 10.7. The number of hydrogen-bond donors (Lipinski definition) is 1. The molecule has 0 spiro atoms. The molecule has 2 rings (SSSR count). The highest BCUT2D eigenvalue weighted by atomic mass is 16.5. The maximum absolute atomic E-state index is 6.04. The third-order valence-corrected chi connectivity index (χ3v) is 4.22. The summed E-state index contributed by atoms with van der Waals surface area (Å²) in [7, 11) is 0. The summed E-state index contributed by atoms with van der Waals surface area (Å²) in [5.74, 6) is 1.60. The molecule has 0 radical (unpaired) electrons. The summed E-state index contributed by atoms with van der Waals surface area (Å²) >= 11 is 0. The van der Waals surface area contributed by atoms with E-state index in [1.54, 1.807) is 0 Å². The molecule has 2 aliphatic heterocycles. The molecule has 2 saturated heterocycles. The minimum Gasteiger partial charge on any atom is -0.379 e. The normalized spacial score (nSPS) is 42.2. The van der Waals surface area contributed by atoms with Crippen LogP contribution in [0.3, 0.4) is 0 Å². The van der Waals surface area contributed by atoms with E-state index in [0.717, 1.165) is 38.0 Å². The van der Waals surface area contributed by atoms with Gasteiger partial charge in [-0.05, 0) is 31.1 Å². The molecular weight excluding hydrogens is 200 g/mol. The molecule has 2 aliphatic rings. The van der Waals surface area contributed by atoms with Crippen molar-refractivity contribution in [1.29, 1.82) is 0 Å².